The van der Waals surface area contributed by atoms with Gasteiger partial charge >= 0.3 is 0 Å². The van der Waals surface area contributed by atoms with Gasteiger partial charge in [0.25, 0.3) is 0 Å². The number of nitrogens with one attached hydrogen (secondary N) is 1. The van der Waals surface area contributed by atoms with Gasteiger partial charge in [-0.25, -0.2) is 8.78 Å². The van der Waals surface area contributed by atoms with Crippen LogP contribution < -0.4 is 5.32 Å². The molecule has 0 bridgehead atoms. The zero-order chi connectivity index (χ0) is 18.1. The molecule has 0 aromatic heterocycles. The van der Waals surface area contributed by atoms with Gasteiger partial charge in [0.1, 0.15) is 17.3 Å². The summed E-state index contributed by atoms with van der Waals surface area (Å²) in [5.74, 6) is -1.05. The van der Waals surface area contributed by atoms with E-state index in [9.17, 15) is 13.6 Å². The number of ketones is 1. The highest BCUT2D eigenvalue weighted by molar-refractivity contribution is 6.47. The molecule has 1 atom stereocenters. The quantitative estimate of drug-likeness (QED) is 0.917. The maximum Gasteiger partial charge on any atom is 0.185 e. The molecule has 4 rings (SSSR count). The molecular formula is C20H18F2N2O2. The van der Waals surface area contributed by atoms with E-state index in [1.807, 2.05) is 0 Å². The van der Waals surface area contributed by atoms with Crippen LogP contribution in [-0.4, -0.2) is 31.2 Å². The van der Waals surface area contributed by atoms with Crippen molar-refractivity contribution >= 4 is 11.5 Å². The number of hydrogen-bond acceptors (Lipinski definition) is 4. The number of carbonyl (C=O) groups excluding carboxylic acids is 1. The number of morpholine rings is 1. The van der Waals surface area contributed by atoms with Crippen molar-refractivity contribution in [1.29, 1.82) is 0 Å². The summed E-state index contributed by atoms with van der Waals surface area (Å²) < 4.78 is 33.4. The zero-order valence-electron chi connectivity index (χ0n) is 14.1. The summed E-state index contributed by atoms with van der Waals surface area (Å²) in [6.07, 6.45) is -0.255. The predicted molar refractivity (Wildman–Crippen MR) is 93.3 cm³/mol. The first kappa shape index (κ1) is 17.0. The van der Waals surface area contributed by atoms with E-state index in [0.29, 0.717) is 35.6 Å². The van der Waals surface area contributed by atoms with Gasteiger partial charge in [-0.15, -0.1) is 0 Å². The second kappa shape index (κ2) is 7.05. The van der Waals surface area contributed by atoms with Crippen molar-refractivity contribution in [2.24, 2.45) is 4.99 Å². The molecule has 1 N–H and O–H groups in total. The van der Waals surface area contributed by atoms with E-state index in [2.05, 4.69) is 10.3 Å². The Balaban J connectivity index is 1.50. The summed E-state index contributed by atoms with van der Waals surface area (Å²) in [7, 11) is 0. The predicted octanol–water partition coefficient (Wildman–Crippen LogP) is 2.74. The van der Waals surface area contributed by atoms with E-state index < -0.39 is 5.82 Å². The van der Waals surface area contributed by atoms with Crippen LogP contribution in [0.4, 0.5) is 8.78 Å². The molecule has 2 heterocycles. The minimum Gasteiger partial charge on any atom is -0.371 e. The molecule has 0 amide bonds. The second-order valence-corrected chi connectivity index (χ2v) is 6.48. The summed E-state index contributed by atoms with van der Waals surface area (Å²) in [5, 5.41) is 3.21. The van der Waals surface area contributed by atoms with Crippen molar-refractivity contribution < 1.29 is 18.3 Å². The fraction of sp³-hybridized carbons (Fsp3) is 0.300. The van der Waals surface area contributed by atoms with Gasteiger partial charge in [-0.2, -0.15) is 0 Å². The van der Waals surface area contributed by atoms with Crippen molar-refractivity contribution in [1.82, 2.24) is 5.32 Å². The fourth-order valence-corrected chi connectivity index (χ4v) is 3.36. The minimum atomic E-state index is -0.428. The Morgan fingerprint density at radius 3 is 2.88 bits per heavy atom. The van der Waals surface area contributed by atoms with E-state index in [1.54, 1.807) is 18.2 Å². The molecule has 0 spiro atoms. The summed E-state index contributed by atoms with van der Waals surface area (Å²) >= 11 is 0. The number of hydrogen-bond donors (Lipinski definition) is 1. The Bertz CT molecular complexity index is 889. The van der Waals surface area contributed by atoms with E-state index in [1.165, 1.54) is 18.2 Å². The minimum absolute atomic E-state index is 0.0778. The Morgan fingerprint density at radius 1 is 1.23 bits per heavy atom. The molecule has 0 aliphatic carbocycles. The highest BCUT2D eigenvalue weighted by Crippen LogP contribution is 2.24. The molecule has 4 nitrogen and oxygen atoms in total. The van der Waals surface area contributed by atoms with E-state index >= 15 is 0 Å². The SMILES string of the molecule is O=C(Cc1ccc([C@@H]2CNCCO2)cc1F)C1=NCc2cc(F)ccc21. The van der Waals surface area contributed by atoms with Crippen LogP contribution in [0.1, 0.15) is 28.4 Å². The summed E-state index contributed by atoms with van der Waals surface area (Å²) in [4.78, 5) is 16.8. The van der Waals surface area contributed by atoms with E-state index in [0.717, 1.165) is 12.1 Å². The Morgan fingerprint density at radius 2 is 2.12 bits per heavy atom. The van der Waals surface area contributed by atoms with Crippen LogP contribution >= 0.6 is 0 Å². The number of ether oxygens (including phenoxy) is 1. The lowest BCUT2D eigenvalue weighted by atomic mass is 9.97. The van der Waals surface area contributed by atoms with Gasteiger partial charge < -0.3 is 10.1 Å². The van der Waals surface area contributed by atoms with Gasteiger partial charge in [-0.1, -0.05) is 12.1 Å². The normalized spacial score (nSPS) is 19.2. The molecule has 26 heavy (non-hydrogen) atoms. The number of rotatable bonds is 4. The number of Topliss-reactive ketones (excluding diaryl/α,β-unsaturated/α-hetero) is 1. The third-order valence-electron chi connectivity index (χ3n) is 4.72. The number of aliphatic imine (C=N–C) groups is 1. The maximum absolute atomic E-state index is 14.5. The van der Waals surface area contributed by atoms with Crippen molar-refractivity contribution in [3.8, 4) is 0 Å². The Kier molecular flexibility index (Phi) is 4.61. The highest BCUT2D eigenvalue weighted by atomic mass is 19.1. The van der Waals surface area contributed by atoms with Crippen molar-refractivity contribution in [3.63, 3.8) is 0 Å². The van der Waals surface area contributed by atoms with Crippen molar-refractivity contribution in [2.45, 2.75) is 19.1 Å². The van der Waals surface area contributed by atoms with Crippen LogP contribution in [0.2, 0.25) is 0 Å². The molecule has 0 unspecified atom stereocenters. The van der Waals surface area contributed by atoms with Gasteiger partial charge in [0.2, 0.25) is 0 Å². The zero-order valence-corrected chi connectivity index (χ0v) is 14.1. The fourth-order valence-electron chi connectivity index (χ4n) is 3.36. The van der Waals surface area contributed by atoms with Crippen molar-refractivity contribution in [2.75, 3.05) is 19.7 Å². The Labute approximate surface area is 149 Å². The lowest BCUT2D eigenvalue weighted by Gasteiger charge is -2.24. The lowest BCUT2D eigenvalue weighted by Crippen LogP contribution is -2.33. The third-order valence-corrected chi connectivity index (χ3v) is 4.72. The first-order valence-electron chi connectivity index (χ1n) is 8.59. The lowest BCUT2D eigenvalue weighted by molar-refractivity contribution is -0.112. The summed E-state index contributed by atoms with van der Waals surface area (Å²) in [6.45, 7) is 2.30. The monoisotopic (exact) mass is 356 g/mol. The summed E-state index contributed by atoms with van der Waals surface area (Å²) in [6, 6.07) is 9.10. The topological polar surface area (TPSA) is 50.7 Å². The van der Waals surface area contributed by atoms with Gasteiger partial charge in [-0.05, 0) is 41.0 Å². The standard InChI is InChI=1S/C20H18F2N2O2/c21-15-3-4-16-14(7-15)10-24-20(16)18(25)9-12-1-2-13(8-17(12)22)19-11-23-5-6-26-19/h1-4,7-8,19,23H,5-6,9-11H2/t19-/m0/s1. The first-order valence-corrected chi connectivity index (χ1v) is 8.59. The highest BCUT2D eigenvalue weighted by Gasteiger charge is 2.24. The van der Waals surface area contributed by atoms with Crippen molar-refractivity contribution in [3.05, 3.63) is 70.3 Å². The Hall–Kier alpha value is -2.44. The molecule has 2 aliphatic heterocycles. The van der Waals surface area contributed by atoms with Crippen LogP contribution in [0.15, 0.2) is 41.4 Å². The number of carbonyl (C=O) groups is 1. The first-order chi connectivity index (χ1) is 12.6. The molecule has 1 fully saturated rings. The number of fused-ring (bicyclic) bond motifs is 1. The molecule has 2 aromatic carbocycles. The van der Waals surface area contributed by atoms with E-state index in [4.69, 9.17) is 4.74 Å². The van der Waals surface area contributed by atoms with E-state index in [-0.39, 0.29) is 30.7 Å². The smallest absolute Gasteiger partial charge is 0.185 e. The molecule has 6 heteroatoms. The number of nitrogens with zero attached hydrogens (tertiary/aromatic N) is 1. The molecule has 2 aromatic rings. The van der Waals surface area contributed by atoms with Crippen LogP contribution in [-0.2, 0) is 22.5 Å². The largest absolute Gasteiger partial charge is 0.371 e. The van der Waals surface area contributed by atoms with Crippen LogP contribution in [0, 0.1) is 11.6 Å². The number of halogens is 2. The summed E-state index contributed by atoms with van der Waals surface area (Å²) in [5.41, 5.74) is 2.69. The van der Waals surface area contributed by atoms with Crippen LogP contribution in [0.5, 0.6) is 0 Å². The number of benzene rings is 2. The van der Waals surface area contributed by atoms with Gasteiger partial charge in [0, 0.05) is 25.1 Å². The molecule has 1 saturated heterocycles. The third kappa shape index (κ3) is 3.30. The molecule has 0 radical (unpaired) electrons. The van der Waals surface area contributed by atoms with Gasteiger partial charge in [0.15, 0.2) is 5.78 Å². The second-order valence-electron chi connectivity index (χ2n) is 6.48. The molecule has 0 saturated carbocycles. The van der Waals surface area contributed by atoms with Gasteiger partial charge in [-0.3, -0.25) is 9.79 Å². The molecular weight excluding hydrogens is 338 g/mol. The maximum atomic E-state index is 14.5. The molecule has 134 valence electrons. The molecule has 2 aliphatic rings. The average Bonchev–Trinajstić information content (AvgIpc) is 3.07. The van der Waals surface area contributed by atoms with Crippen LogP contribution in [0.3, 0.4) is 0 Å². The van der Waals surface area contributed by atoms with Gasteiger partial charge in [0.05, 0.1) is 19.3 Å². The average molecular weight is 356 g/mol. The van der Waals surface area contributed by atoms with Crippen LogP contribution in [0.25, 0.3) is 0 Å².